The number of thioether (sulfide) groups is 1. The average Bonchev–Trinajstić information content (AvgIpc) is 3.19. The predicted octanol–water partition coefficient (Wildman–Crippen LogP) is 2.61. The van der Waals surface area contributed by atoms with Gasteiger partial charge in [0.1, 0.15) is 24.2 Å². The van der Waals surface area contributed by atoms with Crippen LogP contribution < -0.4 is 20.9 Å². The summed E-state index contributed by atoms with van der Waals surface area (Å²) in [4.78, 5) is 50.0. The molecule has 0 unspecified atom stereocenters. The molecule has 12 nitrogen and oxygen atoms in total. The molecule has 1 aliphatic rings. The van der Waals surface area contributed by atoms with E-state index >= 15 is 0 Å². The Morgan fingerprint density at radius 1 is 1.22 bits per heavy atom. The van der Waals surface area contributed by atoms with Crippen LogP contribution in [0, 0.1) is 0 Å². The Kier molecular flexibility index (Phi) is 9.91. The minimum atomic E-state index is -4.14. The number of carbonyl (C=O) groups is 2. The molecule has 1 saturated heterocycles. The third-order valence-corrected chi connectivity index (χ3v) is 7.79. The monoisotopic (exact) mass is 555 g/mol. The van der Waals surface area contributed by atoms with Gasteiger partial charge in [0.05, 0.1) is 12.6 Å². The second kappa shape index (κ2) is 12.7. The van der Waals surface area contributed by atoms with Crippen molar-refractivity contribution in [1.82, 2.24) is 14.6 Å². The maximum absolute atomic E-state index is 13.7. The lowest BCUT2D eigenvalue weighted by Gasteiger charge is -2.25. The van der Waals surface area contributed by atoms with Gasteiger partial charge in [0.15, 0.2) is 0 Å². The molecule has 0 bridgehead atoms. The normalized spacial score (nSPS) is 21.8. The highest BCUT2D eigenvalue weighted by Gasteiger charge is 2.41. The summed E-state index contributed by atoms with van der Waals surface area (Å²) < 4.78 is 37.5. The van der Waals surface area contributed by atoms with Crippen molar-refractivity contribution in [3.63, 3.8) is 0 Å². The number of carbonyl (C=O) groups excluding carboxylic acids is 2. The lowest BCUT2D eigenvalue weighted by atomic mass is 10.2. The maximum atomic E-state index is 13.7. The number of H-pyrrole nitrogens is 1. The number of nitrogens with zero attached hydrogens (tertiary/aromatic N) is 1. The Morgan fingerprint density at radius 3 is 2.54 bits per heavy atom. The molecule has 2 N–H and O–H groups in total. The molecule has 14 heteroatoms. The number of hydrogen-bond donors (Lipinski definition) is 2. The molecule has 2 heterocycles. The number of benzene rings is 1. The molecule has 1 aliphatic heterocycles. The van der Waals surface area contributed by atoms with E-state index in [4.69, 9.17) is 18.5 Å². The first-order valence-corrected chi connectivity index (χ1v) is 14.0. The van der Waals surface area contributed by atoms with Crippen LogP contribution in [0.25, 0.3) is 0 Å². The molecule has 1 aromatic carbocycles. The van der Waals surface area contributed by atoms with Gasteiger partial charge in [-0.2, -0.15) is 0 Å². The third kappa shape index (κ3) is 8.41. The number of rotatable bonds is 11. The van der Waals surface area contributed by atoms with E-state index in [9.17, 15) is 23.7 Å². The SMILES string of the molecule is CC(=O)O[C@H]1C[C@H](n2ccc(=O)[nH]c2=O)O[C@@H]1CO[P@@](=O)(N[C@@H](C)C(=O)SC(C)C)Oc1ccccc1. The molecular formula is C23H30N3O9PS. The standard InChI is InChI=1S/C23H30N3O9PS/c1-14(2)37-22(29)15(3)25-36(31,35-17-8-6-5-7-9-17)32-13-19-18(33-16(4)27)12-21(34-19)26-11-10-20(28)24-23(26)30/h5-11,14-15,18-19,21H,12-13H2,1-4H3,(H,25,31)(H,24,28,30)/t15-,18-,19+,21+,36-/m0/s1. The Hall–Kier alpha value is -2.70. The van der Waals surface area contributed by atoms with Gasteiger partial charge in [0.25, 0.3) is 5.56 Å². The molecular weight excluding hydrogens is 525 g/mol. The van der Waals surface area contributed by atoms with Gasteiger partial charge in [-0.1, -0.05) is 43.8 Å². The minimum absolute atomic E-state index is 0.0248. The minimum Gasteiger partial charge on any atom is -0.460 e. The highest BCUT2D eigenvalue weighted by atomic mass is 32.2. The Balaban J connectivity index is 1.79. The Morgan fingerprint density at radius 2 is 1.92 bits per heavy atom. The maximum Gasteiger partial charge on any atom is 0.459 e. The fourth-order valence-electron chi connectivity index (χ4n) is 3.52. The van der Waals surface area contributed by atoms with Crippen LogP contribution in [0.15, 0.2) is 52.2 Å². The number of esters is 1. The number of ether oxygens (including phenoxy) is 2. The molecule has 0 spiro atoms. The quantitative estimate of drug-likeness (QED) is 0.310. The summed E-state index contributed by atoms with van der Waals surface area (Å²) in [5, 5.41) is 2.44. The van der Waals surface area contributed by atoms with Crippen LogP contribution in [0.2, 0.25) is 0 Å². The predicted molar refractivity (Wildman–Crippen MR) is 136 cm³/mol. The molecule has 37 heavy (non-hydrogen) atoms. The van der Waals surface area contributed by atoms with Crippen LogP contribution >= 0.6 is 19.5 Å². The van der Waals surface area contributed by atoms with Gasteiger partial charge in [0, 0.05) is 30.9 Å². The molecule has 5 atom stereocenters. The van der Waals surface area contributed by atoms with Crippen LogP contribution in [0.3, 0.4) is 0 Å². The van der Waals surface area contributed by atoms with E-state index in [-0.39, 0.29) is 29.1 Å². The van der Waals surface area contributed by atoms with E-state index < -0.39 is 49.4 Å². The highest BCUT2D eigenvalue weighted by Crippen LogP contribution is 2.46. The molecule has 0 amide bonds. The fraction of sp³-hybridized carbons (Fsp3) is 0.478. The van der Waals surface area contributed by atoms with Crippen LogP contribution in [-0.4, -0.2) is 50.7 Å². The van der Waals surface area contributed by atoms with Gasteiger partial charge >= 0.3 is 19.4 Å². The van der Waals surface area contributed by atoms with Crippen LogP contribution in [0.1, 0.15) is 40.3 Å². The zero-order chi connectivity index (χ0) is 27.2. The zero-order valence-corrected chi connectivity index (χ0v) is 22.5. The van der Waals surface area contributed by atoms with Gasteiger partial charge < -0.3 is 14.0 Å². The van der Waals surface area contributed by atoms with Crippen molar-refractivity contribution in [2.45, 2.75) is 63.8 Å². The summed E-state index contributed by atoms with van der Waals surface area (Å²) >= 11 is 1.09. The van der Waals surface area contributed by atoms with Gasteiger partial charge in [-0.25, -0.2) is 14.4 Å². The van der Waals surface area contributed by atoms with Gasteiger partial charge in [-0.3, -0.25) is 28.5 Å². The molecule has 0 radical (unpaired) electrons. The average molecular weight is 556 g/mol. The summed E-state index contributed by atoms with van der Waals surface area (Å²) in [5.41, 5.74) is -1.27. The fourth-order valence-corrected chi connectivity index (χ4v) is 5.85. The zero-order valence-electron chi connectivity index (χ0n) is 20.8. The van der Waals surface area contributed by atoms with Crippen molar-refractivity contribution in [2.24, 2.45) is 0 Å². The Labute approximate surface area is 217 Å². The topological polar surface area (TPSA) is 155 Å². The summed E-state index contributed by atoms with van der Waals surface area (Å²) in [5.74, 6) is -0.337. The highest BCUT2D eigenvalue weighted by molar-refractivity contribution is 8.14. The van der Waals surface area contributed by atoms with Crippen molar-refractivity contribution in [3.8, 4) is 5.75 Å². The van der Waals surface area contributed by atoms with Crippen LogP contribution in [-0.2, 0) is 28.2 Å². The van der Waals surface area contributed by atoms with E-state index in [0.29, 0.717) is 0 Å². The first-order chi connectivity index (χ1) is 17.5. The number of nitrogens with one attached hydrogen (secondary N) is 2. The summed E-state index contributed by atoms with van der Waals surface area (Å²) in [7, 11) is -4.14. The molecule has 1 fully saturated rings. The summed E-state index contributed by atoms with van der Waals surface area (Å²) in [6, 6.07) is 8.58. The number of para-hydroxylation sites is 1. The number of hydrogen-bond acceptors (Lipinski definition) is 10. The molecule has 3 rings (SSSR count). The van der Waals surface area contributed by atoms with E-state index in [1.165, 1.54) is 13.1 Å². The van der Waals surface area contributed by atoms with Crippen molar-refractivity contribution in [3.05, 3.63) is 63.4 Å². The van der Waals surface area contributed by atoms with Gasteiger partial charge in [-0.15, -0.1) is 0 Å². The van der Waals surface area contributed by atoms with E-state index in [1.807, 2.05) is 13.8 Å². The van der Waals surface area contributed by atoms with Crippen LogP contribution in [0.4, 0.5) is 0 Å². The van der Waals surface area contributed by atoms with Gasteiger partial charge in [0.2, 0.25) is 5.12 Å². The van der Waals surface area contributed by atoms with Crippen molar-refractivity contribution < 1.29 is 32.7 Å². The molecule has 0 saturated carbocycles. The van der Waals surface area contributed by atoms with Crippen LogP contribution in [0.5, 0.6) is 5.75 Å². The number of aromatic nitrogens is 2. The molecule has 2 aromatic rings. The van der Waals surface area contributed by atoms with E-state index in [2.05, 4.69) is 10.1 Å². The van der Waals surface area contributed by atoms with Crippen molar-refractivity contribution in [2.75, 3.05) is 6.61 Å². The number of aromatic amines is 1. The Bertz CT molecular complexity index is 1250. The first kappa shape index (κ1) is 28.9. The second-order valence-corrected chi connectivity index (χ2v) is 11.8. The third-order valence-electron chi connectivity index (χ3n) is 5.09. The lowest BCUT2D eigenvalue weighted by Crippen LogP contribution is -2.35. The van der Waals surface area contributed by atoms with Gasteiger partial charge in [-0.05, 0) is 19.1 Å². The summed E-state index contributed by atoms with van der Waals surface area (Å²) in [6.07, 6.45) is -1.31. The summed E-state index contributed by atoms with van der Waals surface area (Å²) in [6.45, 7) is 6.14. The molecule has 0 aliphatic carbocycles. The molecule has 1 aromatic heterocycles. The molecule has 202 valence electrons. The van der Waals surface area contributed by atoms with Crippen molar-refractivity contribution >= 4 is 30.6 Å². The van der Waals surface area contributed by atoms with Crippen molar-refractivity contribution in [1.29, 1.82) is 0 Å². The lowest BCUT2D eigenvalue weighted by molar-refractivity contribution is -0.150. The largest absolute Gasteiger partial charge is 0.460 e. The second-order valence-electron chi connectivity index (χ2n) is 8.56. The smallest absolute Gasteiger partial charge is 0.459 e. The first-order valence-electron chi connectivity index (χ1n) is 11.6. The van der Waals surface area contributed by atoms with E-state index in [1.54, 1.807) is 37.3 Å². The van der Waals surface area contributed by atoms with E-state index in [0.717, 1.165) is 22.4 Å².